The molecule has 3 aromatic heterocycles. The topological polar surface area (TPSA) is 38.9 Å². The van der Waals surface area contributed by atoms with E-state index < -0.39 is 0 Å². The number of nitrogens with zero attached hydrogens (tertiary/aromatic N) is 2. The molecule has 0 saturated heterocycles. The minimum absolute atomic E-state index is 0.666. The van der Waals surface area contributed by atoms with Crippen LogP contribution in [0, 0.1) is 13.8 Å². The Hall–Kier alpha value is -2.94. The van der Waals surface area contributed by atoms with E-state index in [-0.39, 0.29) is 0 Å². The Bertz CT molecular complexity index is 1140. The molecule has 3 heterocycles. The Morgan fingerprint density at radius 1 is 0.609 bits per heavy atom. The average molecular weight is 298 g/mol. The van der Waals surface area contributed by atoms with Crippen molar-refractivity contribution in [1.29, 1.82) is 0 Å². The van der Waals surface area contributed by atoms with Crippen molar-refractivity contribution in [3.8, 4) is 0 Å². The SMILES string of the molecule is Cc1nc2oc3nc(C)c4ccccc4c3c2c2ccccc12. The van der Waals surface area contributed by atoms with Gasteiger partial charge in [-0.15, -0.1) is 0 Å². The molecule has 0 spiro atoms. The summed E-state index contributed by atoms with van der Waals surface area (Å²) in [4.78, 5) is 9.34. The zero-order valence-electron chi connectivity index (χ0n) is 12.9. The van der Waals surface area contributed by atoms with Gasteiger partial charge in [0.2, 0.25) is 11.4 Å². The summed E-state index contributed by atoms with van der Waals surface area (Å²) in [5.41, 5.74) is 3.29. The number of hydrogen-bond donors (Lipinski definition) is 0. The van der Waals surface area contributed by atoms with E-state index in [9.17, 15) is 0 Å². The first-order valence-corrected chi connectivity index (χ1v) is 7.71. The maximum atomic E-state index is 6.01. The lowest BCUT2D eigenvalue weighted by Crippen LogP contribution is -1.86. The third-order valence-corrected chi connectivity index (χ3v) is 4.58. The highest BCUT2D eigenvalue weighted by molar-refractivity contribution is 6.25. The molecule has 5 aromatic rings. The van der Waals surface area contributed by atoms with Gasteiger partial charge < -0.3 is 4.42 Å². The number of aromatic nitrogens is 2. The first-order chi connectivity index (χ1) is 11.2. The molecule has 110 valence electrons. The molecule has 0 unspecified atom stereocenters. The van der Waals surface area contributed by atoms with Crippen LogP contribution >= 0.6 is 0 Å². The van der Waals surface area contributed by atoms with Gasteiger partial charge in [-0.2, -0.15) is 0 Å². The van der Waals surface area contributed by atoms with Gasteiger partial charge >= 0.3 is 0 Å². The molecule has 0 N–H and O–H groups in total. The predicted molar refractivity (Wildman–Crippen MR) is 93.8 cm³/mol. The molecule has 0 aliphatic rings. The second kappa shape index (κ2) is 4.29. The lowest BCUT2D eigenvalue weighted by molar-refractivity contribution is 0.639. The zero-order chi connectivity index (χ0) is 15.6. The number of pyridine rings is 2. The molecule has 5 rings (SSSR count). The van der Waals surface area contributed by atoms with Gasteiger partial charge in [-0.25, -0.2) is 9.97 Å². The van der Waals surface area contributed by atoms with E-state index in [1.54, 1.807) is 0 Å². The summed E-state index contributed by atoms with van der Waals surface area (Å²) in [5.74, 6) is 0. The highest BCUT2D eigenvalue weighted by Crippen LogP contribution is 2.38. The van der Waals surface area contributed by atoms with E-state index in [2.05, 4.69) is 46.4 Å². The molecule has 0 aliphatic carbocycles. The lowest BCUT2D eigenvalue weighted by atomic mass is 10.0. The largest absolute Gasteiger partial charge is 0.419 e. The molecule has 0 saturated carbocycles. The minimum atomic E-state index is 0.666. The van der Waals surface area contributed by atoms with E-state index in [4.69, 9.17) is 4.42 Å². The van der Waals surface area contributed by atoms with Crippen molar-refractivity contribution in [2.24, 2.45) is 0 Å². The van der Waals surface area contributed by atoms with E-state index in [0.717, 1.165) is 32.9 Å². The van der Waals surface area contributed by atoms with E-state index in [0.29, 0.717) is 11.4 Å². The normalized spacial score (nSPS) is 11.9. The van der Waals surface area contributed by atoms with Crippen molar-refractivity contribution in [2.45, 2.75) is 13.8 Å². The fraction of sp³-hybridized carbons (Fsp3) is 0.100. The Morgan fingerprint density at radius 2 is 1.00 bits per heavy atom. The van der Waals surface area contributed by atoms with Gasteiger partial charge in [-0.1, -0.05) is 48.5 Å². The third-order valence-electron chi connectivity index (χ3n) is 4.58. The summed E-state index contributed by atoms with van der Waals surface area (Å²) in [6.45, 7) is 4.04. The second-order valence-electron chi connectivity index (χ2n) is 5.95. The summed E-state index contributed by atoms with van der Waals surface area (Å²) >= 11 is 0. The quantitative estimate of drug-likeness (QED) is 0.389. The van der Waals surface area contributed by atoms with Crippen LogP contribution in [0.5, 0.6) is 0 Å². The van der Waals surface area contributed by atoms with Crippen molar-refractivity contribution >= 4 is 43.7 Å². The van der Waals surface area contributed by atoms with Gasteiger partial charge in [0, 0.05) is 22.2 Å². The molecule has 23 heavy (non-hydrogen) atoms. The molecule has 0 amide bonds. The fourth-order valence-electron chi connectivity index (χ4n) is 3.52. The maximum absolute atomic E-state index is 6.01. The van der Waals surface area contributed by atoms with Crippen molar-refractivity contribution in [3.05, 3.63) is 59.9 Å². The summed E-state index contributed by atoms with van der Waals surface area (Å²) in [6.07, 6.45) is 0. The predicted octanol–water partition coefficient (Wildman–Crippen LogP) is 5.30. The summed E-state index contributed by atoms with van der Waals surface area (Å²) < 4.78 is 6.01. The minimum Gasteiger partial charge on any atom is -0.419 e. The van der Waals surface area contributed by atoms with Crippen molar-refractivity contribution < 1.29 is 4.42 Å². The Labute approximate surface area is 132 Å². The molecule has 2 aromatic carbocycles. The number of aryl methyl sites for hydroxylation is 2. The molecule has 3 nitrogen and oxygen atoms in total. The first-order valence-electron chi connectivity index (χ1n) is 7.71. The Morgan fingerprint density at radius 3 is 1.43 bits per heavy atom. The Balaban J connectivity index is 2.18. The Kier molecular flexibility index (Phi) is 2.35. The van der Waals surface area contributed by atoms with Gasteiger partial charge in [-0.05, 0) is 24.6 Å². The summed E-state index contributed by atoms with van der Waals surface area (Å²) in [5, 5.41) is 6.78. The van der Waals surface area contributed by atoms with E-state index in [1.165, 1.54) is 10.8 Å². The first kappa shape index (κ1) is 12.6. The molecule has 0 radical (unpaired) electrons. The van der Waals surface area contributed by atoms with E-state index in [1.807, 2.05) is 26.0 Å². The van der Waals surface area contributed by atoms with Crippen molar-refractivity contribution in [3.63, 3.8) is 0 Å². The second-order valence-corrected chi connectivity index (χ2v) is 5.95. The van der Waals surface area contributed by atoms with Crippen LogP contribution in [-0.2, 0) is 0 Å². The van der Waals surface area contributed by atoms with Crippen LogP contribution in [-0.4, -0.2) is 9.97 Å². The van der Waals surface area contributed by atoms with Crippen LogP contribution in [0.4, 0.5) is 0 Å². The highest BCUT2D eigenvalue weighted by Gasteiger charge is 2.17. The molecule has 0 fully saturated rings. The molecular weight excluding hydrogens is 284 g/mol. The zero-order valence-corrected chi connectivity index (χ0v) is 12.9. The highest BCUT2D eigenvalue weighted by atomic mass is 16.3. The third kappa shape index (κ3) is 1.59. The molecule has 0 aliphatic heterocycles. The van der Waals surface area contributed by atoms with Crippen LogP contribution < -0.4 is 0 Å². The van der Waals surface area contributed by atoms with Gasteiger partial charge in [0.15, 0.2) is 0 Å². The average Bonchev–Trinajstić information content (AvgIpc) is 2.93. The van der Waals surface area contributed by atoms with Crippen LogP contribution in [0.25, 0.3) is 43.7 Å². The molecule has 0 atom stereocenters. The number of hydrogen-bond acceptors (Lipinski definition) is 3. The van der Waals surface area contributed by atoms with Gasteiger partial charge in [0.1, 0.15) is 0 Å². The molecular formula is C20H14N2O. The van der Waals surface area contributed by atoms with E-state index >= 15 is 0 Å². The molecule has 0 bridgehead atoms. The van der Waals surface area contributed by atoms with Crippen LogP contribution in [0.3, 0.4) is 0 Å². The standard InChI is InChI=1S/C20H14N2O/c1-11-13-7-3-5-9-15(13)17-18-16-10-6-4-8-14(16)12(2)22-20(18)23-19(17)21-11/h3-10H,1-2H3. The number of fused-ring (bicyclic) bond motifs is 7. The van der Waals surface area contributed by atoms with Crippen LogP contribution in [0.2, 0.25) is 0 Å². The lowest BCUT2D eigenvalue weighted by Gasteiger charge is -2.04. The van der Waals surface area contributed by atoms with Crippen molar-refractivity contribution in [2.75, 3.05) is 0 Å². The monoisotopic (exact) mass is 298 g/mol. The number of benzene rings is 2. The number of rotatable bonds is 0. The maximum Gasteiger partial charge on any atom is 0.230 e. The van der Waals surface area contributed by atoms with Gasteiger partial charge in [0.25, 0.3) is 0 Å². The van der Waals surface area contributed by atoms with Gasteiger partial charge in [-0.3, -0.25) is 0 Å². The van der Waals surface area contributed by atoms with Crippen LogP contribution in [0.1, 0.15) is 11.4 Å². The van der Waals surface area contributed by atoms with Gasteiger partial charge in [0.05, 0.1) is 10.8 Å². The molecule has 3 heteroatoms. The smallest absolute Gasteiger partial charge is 0.230 e. The summed E-state index contributed by atoms with van der Waals surface area (Å²) in [7, 11) is 0. The van der Waals surface area contributed by atoms with Crippen molar-refractivity contribution in [1.82, 2.24) is 9.97 Å². The van der Waals surface area contributed by atoms with Crippen LogP contribution in [0.15, 0.2) is 52.9 Å². The fourth-order valence-corrected chi connectivity index (χ4v) is 3.52. The number of furan rings is 1. The summed E-state index contributed by atoms with van der Waals surface area (Å²) in [6, 6.07) is 16.7.